The van der Waals surface area contributed by atoms with Crippen molar-refractivity contribution >= 4 is 38.1 Å². The van der Waals surface area contributed by atoms with Crippen molar-refractivity contribution < 1.29 is 13.2 Å². The quantitative estimate of drug-likeness (QED) is 0.627. The molecule has 4 rings (SSSR count). The Morgan fingerprint density at radius 3 is 2.33 bits per heavy atom. The van der Waals surface area contributed by atoms with Gasteiger partial charge in [-0.1, -0.05) is 36.4 Å². The van der Waals surface area contributed by atoms with Crippen molar-refractivity contribution in [1.29, 1.82) is 0 Å². The third-order valence-corrected chi connectivity index (χ3v) is 7.29. The first kappa shape index (κ1) is 20.4. The third kappa shape index (κ3) is 4.17. The number of fused-ring (bicyclic) bond motifs is 1. The Hall–Kier alpha value is -2.90. The summed E-state index contributed by atoms with van der Waals surface area (Å²) in [6.45, 7) is 2.93. The second-order valence-electron chi connectivity index (χ2n) is 7.52. The normalized spacial score (nSPS) is 15.8. The van der Waals surface area contributed by atoms with Crippen molar-refractivity contribution in [2.75, 3.05) is 23.7 Å². The van der Waals surface area contributed by atoms with Gasteiger partial charge in [0.1, 0.15) is 6.04 Å². The number of nitrogens with one attached hydrogen (secondary N) is 2. The zero-order valence-corrected chi connectivity index (χ0v) is 17.7. The van der Waals surface area contributed by atoms with E-state index < -0.39 is 16.1 Å². The molecule has 30 heavy (non-hydrogen) atoms. The molecule has 1 heterocycles. The average Bonchev–Trinajstić information content (AvgIpc) is 3.30. The Morgan fingerprint density at radius 2 is 1.60 bits per heavy atom. The molecule has 7 heteroatoms. The maximum Gasteiger partial charge on any atom is 0.246 e. The molecule has 1 amide bonds. The van der Waals surface area contributed by atoms with Crippen molar-refractivity contribution in [1.82, 2.24) is 4.31 Å². The zero-order valence-electron chi connectivity index (χ0n) is 16.8. The predicted molar refractivity (Wildman–Crippen MR) is 120 cm³/mol. The molecule has 3 aromatic carbocycles. The van der Waals surface area contributed by atoms with Crippen molar-refractivity contribution in [3.05, 3.63) is 66.7 Å². The van der Waals surface area contributed by atoms with Gasteiger partial charge in [0.25, 0.3) is 0 Å². The lowest BCUT2D eigenvalue weighted by Crippen LogP contribution is -2.32. The summed E-state index contributed by atoms with van der Waals surface area (Å²) in [5.74, 6) is -0.196. The van der Waals surface area contributed by atoms with Crippen LogP contribution in [0.3, 0.4) is 0 Å². The highest BCUT2D eigenvalue weighted by Crippen LogP contribution is 2.24. The molecule has 0 bridgehead atoms. The Labute approximate surface area is 177 Å². The molecule has 3 aromatic rings. The summed E-state index contributed by atoms with van der Waals surface area (Å²) in [4.78, 5) is 12.9. The van der Waals surface area contributed by atoms with E-state index in [-0.39, 0.29) is 10.8 Å². The van der Waals surface area contributed by atoms with Crippen LogP contribution in [0.25, 0.3) is 10.8 Å². The van der Waals surface area contributed by atoms with Crippen LogP contribution in [-0.2, 0) is 14.8 Å². The van der Waals surface area contributed by atoms with E-state index in [9.17, 15) is 13.2 Å². The number of anilines is 2. The molecule has 1 atom stereocenters. The summed E-state index contributed by atoms with van der Waals surface area (Å²) in [6, 6.07) is 19.8. The van der Waals surface area contributed by atoms with Crippen LogP contribution in [0.5, 0.6) is 0 Å². The molecule has 156 valence electrons. The molecule has 1 aliphatic rings. The highest BCUT2D eigenvalue weighted by atomic mass is 32.2. The minimum atomic E-state index is -3.45. The van der Waals surface area contributed by atoms with Crippen LogP contribution in [0.1, 0.15) is 19.8 Å². The van der Waals surface area contributed by atoms with Crippen molar-refractivity contribution in [2.45, 2.75) is 30.7 Å². The van der Waals surface area contributed by atoms with Gasteiger partial charge in [-0.2, -0.15) is 4.31 Å². The number of benzene rings is 3. The van der Waals surface area contributed by atoms with Crippen LogP contribution in [-0.4, -0.2) is 37.8 Å². The van der Waals surface area contributed by atoms with Crippen molar-refractivity contribution in [3.8, 4) is 0 Å². The topological polar surface area (TPSA) is 78.5 Å². The van der Waals surface area contributed by atoms with Gasteiger partial charge in [-0.3, -0.25) is 4.79 Å². The number of amides is 1. The summed E-state index contributed by atoms with van der Waals surface area (Å²) in [7, 11) is -3.45. The lowest BCUT2D eigenvalue weighted by molar-refractivity contribution is -0.116. The first-order chi connectivity index (χ1) is 14.4. The average molecular weight is 424 g/mol. The van der Waals surface area contributed by atoms with Gasteiger partial charge in [-0.15, -0.1) is 0 Å². The van der Waals surface area contributed by atoms with Gasteiger partial charge >= 0.3 is 0 Å². The van der Waals surface area contributed by atoms with Crippen molar-refractivity contribution in [2.24, 2.45) is 0 Å². The Morgan fingerprint density at radius 1 is 0.933 bits per heavy atom. The highest BCUT2D eigenvalue weighted by Gasteiger charge is 2.27. The molecule has 0 aromatic heterocycles. The Kier molecular flexibility index (Phi) is 5.74. The number of carbonyl (C=O) groups excluding carboxylic acids is 1. The minimum absolute atomic E-state index is 0.196. The van der Waals surface area contributed by atoms with Gasteiger partial charge in [0.15, 0.2) is 0 Å². The van der Waals surface area contributed by atoms with E-state index in [1.54, 1.807) is 31.2 Å². The predicted octanol–water partition coefficient (Wildman–Crippen LogP) is 4.06. The van der Waals surface area contributed by atoms with E-state index in [2.05, 4.69) is 10.6 Å². The molecule has 2 N–H and O–H groups in total. The first-order valence-electron chi connectivity index (χ1n) is 10.1. The number of carbonyl (C=O) groups is 1. The molecular formula is C23H25N3O3S. The van der Waals surface area contributed by atoms with E-state index in [0.29, 0.717) is 18.8 Å². The molecule has 0 unspecified atom stereocenters. The van der Waals surface area contributed by atoms with E-state index >= 15 is 0 Å². The second kappa shape index (κ2) is 8.45. The zero-order chi connectivity index (χ0) is 21.1. The Bertz CT molecular complexity index is 1150. The molecule has 1 saturated heterocycles. The summed E-state index contributed by atoms with van der Waals surface area (Å²) in [6.07, 6.45) is 1.80. The van der Waals surface area contributed by atoms with E-state index in [0.717, 1.165) is 29.3 Å². The number of nitrogens with zero attached hydrogens (tertiary/aromatic N) is 1. The van der Waals surface area contributed by atoms with Gasteiger partial charge in [-0.05, 0) is 55.5 Å². The maximum absolute atomic E-state index is 12.6. The molecule has 0 spiro atoms. The molecule has 0 aliphatic carbocycles. The smallest absolute Gasteiger partial charge is 0.246 e. The summed E-state index contributed by atoms with van der Waals surface area (Å²) in [5, 5.41) is 8.27. The largest absolute Gasteiger partial charge is 0.373 e. The van der Waals surface area contributed by atoms with Crippen LogP contribution in [0.15, 0.2) is 71.6 Å². The van der Waals surface area contributed by atoms with Crippen LogP contribution in [0, 0.1) is 0 Å². The SMILES string of the molecule is C[C@H](Nc1cccc2ccccc12)C(=O)Nc1ccc(S(=O)(=O)N2CCCC2)cc1. The standard InChI is InChI=1S/C23H25N3O3S/c1-17(24-22-10-6-8-18-7-2-3-9-21(18)22)23(27)25-19-11-13-20(14-12-19)30(28,29)26-15-4-5-16-26/h2-3,6-14,17,24H,4-5,15-16H2,1H3,(H,25,27)/t17-/m0/s1. The second-order valence-corrected chi connectivity index (χ2v) is 9.46. The molecule has 0 radical (unpaired) electrons. The maximum atomic E-state index is 12.6. The molecule has 6 nitrogen and oxygen atoms in total. The van der Waals surface area contributed by atoms with Gasteiger partial charge in [0.2, 0.25) is 15.9 Å². The monoisotopic (exact) mass is 423 g/mol. The Balaban J connectivity index is 1.43. The van der Waals surface area contributed by atoms with Crippen molar-refractivity contribution in [3.63, 3.8) is 0 Å². The summed E-state index contributed by atoms with van der Waals surface area (Å²) < 4.78 is 26.7. The molecule has 0 saturated carbocycles. The fraction of sp³-hybridized carbons (Fsp3) is 0.261. The minimum Gasteiger partial charge on any atom is -0.373 e. The van der Waals surface area contributed by atoms with Crippen LogP contribution in [0.2, 0.25) is 0 Å². The fourth-order valence-electron chi connectivity index (χ4n) is 3.69. The lowest BCUT2D eigenvalue weighted by Gasteiger charge is -2.18. The van der Waals surface area contributed by atoms with Crippen LogP contribution < -0.4 is 10.6 Å². The van der Waals surface area contributed by atoms with E-state index in [1.807, 2.05) is 42.5 Å². The van der Waals surface area contributed by atoms with Gasteiger partial charge < -0.3 is 10.6 Å². The van der Waals surface area contributed by atoms with E-state index in [4.69, 9.17) is 0 Å². The first-order valence-corrected chi connectivity index (χ1v) is 11.5. The van der Waals surface area contributed by atoms with Crippen LogP contribution >= 0.6 is 0 Å². The number of hydrogen-bond donors (Lipinski definition) is 2. The third-order valence-electron chi connectivity index (χ3n) is 5.38. The van der Waals surface area contributed by atoms with Gasteiger partial charge in [0, 0.05) is 29.9 Å². The van der Waals surface area contributed by atoms with Gasteiger partial charge in [-0.25, -0.2) is 8.42 Å². The molecule has 1 fully saturated rings. The number of sulfonamides is 1. The summed E-state index contributed by atoms with van der Waals surface area (Å²) >= 11 is 0. The van der Waals surface area contributed by atoms with E-state index in [1.165, 1.54) is 4.31 Å². The van der Waals surface area contributed by atoms with Crippen LogP contribution in [0.4, 0.5) is 11.4 Å². The lowest BCUT2D eigenvalue weighted by atomic mass is 10.1. The fourth-order valence-corrected chi connectivity index (χ4v) is 5.21. The highest BCUT2D eigenvalue weighted by molar-refractivity contribution is 7.89. The summed E-state index contributed by atoms with van der Waals surface area (Å²) in [5.41, 5.74) is 1.45. The molecule has 1 aliphatic heterocycles. The molecular weight excluding hydrogens is 398 g/mol. The number of rotatable bonds is 6. The number of hydrogen-bond acceptors (Lipinski definition) is 4. The van der Waals surface area contributed by atoms with Gasteiger partial charge in [0.05, 0.1) is 4.90 Å².